The second-order valence-electron chi connectivity index (χ2n) is 7.58. The third kappa shape index (κ3) is 5.11. The molecule has 1 aliphatic heterocycles. The summed E-state index contributed by atoms with van der Waals surface area (Å²) in [6.45, 7) is 3.65. The SMILES string of the molecule is CCOc1ccc(C(=O)N2CCC(NC(=O)c3cc(-c4cccc(Cl)c4)on3)CC2)cc1. The molecule has 1 aliphatic rings. The van der Waals surface area contributed by atoms with Crippen LogP contribution in [0.2, 0.25) is 5.02 Å². The van der Waals surface area contributed by atoms with Crippen LogP contribution in [0.3, 0.4) is 0 Å². The van der Waals surface area contributed by atoms with Gasteiger partial charge in [-0.2, -0.15) is 0 Å². The molecule has 166 valence electrons. The van der Waals surface area contributed by atoms with Crippen molar-refractivity contribution in [2.45, 2.75) is 25.8 Å². The molecule has 1 N–H and O–H groups in total. The number of aromatic nitrogens is 1. The Morgan fingerprint density at radius 1 is 1.16 bits per heavy atom. The molecule has 0 atom stereocenters. The van der Waals surface area contributed by atoms with Crippen LogP contribution in [0, 0.1) is 0 Å². The predicted molar refractivity (Wildman–Crippen MR) is 121 cm³/mol. The van der Waals surface area contributed by atoms with E-state index in [1.807, 2.05) is 24.0 Å². The number of amides is 2. The Bertz CT molecular complexity index is 1090. The van der Waals surface area contributed by atoms with Gasteiger partial charge in [0.25, 0.3) is 11.8 Å². The second-order valence-corrected chi connectivity index (χ2v) is 8.02. The number of carbonyl (C=O) groups is 2. The van der Waals surface area contributed by atoms with Crippen molar-refractivity contribution in [1.29, 1.82) is 0 Å². The Labute approximate surface area is 191 Å². The van der Waals surface area contributed by atoms with Gasteiger partial charge in [-0.1, -0.05) is 28.9 Å². The molecule has 2 aromatic carbocycles. The number of likely N-dealkylation sites (tertiary alicyclic amines) is 1. The molecule has 3 aromatic rings. The van der Waals surface area contributed by atoms with Gasteiger partial charge in [0.1, 0.15) is 5.75 Å². The summed E-state index contributed by atoms with van der Waals surface area (Å²) < 4.78 is 10.7. The number of hydrogen-bond acceptors (Lipinski definition) is 5. The summed E-state index contributed by atoms with van der Waals surface area (Å²) in [7, 11) is 0. The van der Waals surface area contributed by atoms with E-state index in [0.717, 1.165) is 11.3 Å². The third-order valence-electron chi connectivity index (χ3n) is 5.38. The van der Waals surface area contributed by atoms with Crippen LogP contribution < -0.4 is 10.1 Å². The summed E-state index contributed by atoms with van der Waals surface area (Å²) in [5.74, 6) is 0.920. The van der Waals surface area contributed by atoms with Crippen LogP contribution in [0.5, 0.6) is 5.75 Å². The Kier molecular flexibility index (Phi) is 6.75. The predicted octanol–water partition coefficient (Wildman–Crippen LogP) is 4.43. The maximum Gasteiger partial charge on any atom is 0.273 e. The van der Waals surface area contributed by atoms with Gasteiger partial charge in [-0.3, -0.25) is 9.59 Å². The molecule has 32 heavy (non-hydrogen) atoms. The van der Waals surface area contributed by atoms with Crippen molar-refractivity contribution in [2.75, 3.05) is 19.7 Å². The quantitative estimate of drug-likeness (QED) is 0.596. The highest BCUT2D eigenvalue weighted by atomic mass is 35.5. The minimum absolute atomic E-state index is 0.0134. The number of piperidine rings is 1. The van der Waals surface area contributed by atoms with Crippen molar-refractivity contribution in [3.05, 3.63) is 70.9 Å². The van der Waals surface area contributed by atoms with Crippen LogP contribution in [0.15, 0.2) is 59.1 Å². The molecule has 1 aromatic heterocycles. The number of benzene rings is 2. The normalized spacial score (nSPS) is 14.2. The molecule has 0 unspecified atom stereocenters. The van der Waals surface area contributed by atoms with E-state index in [2.05, 4.69) is 10.5 Å². The lowest BCUT2D eigenvalue weighted by Gasteiger charge is -2.32. The number of halogens is 1. The number of rotatable bonds is 6. The van der Waals surface area contributed by atoms with E-state index in [-0.39, 0.29) is 23.6 Å². The van der Waals surface area contributed by atoms with Crippen molar-refractivity contribution in [1.82, 2.24) is 15.4 Å². The second kappa shape index (κ2) is 9.87. The van der Waals surface area contributed by atoms with Crippen molar-refractivity contribution >= 4 is 23.4 Å². The number of nitrogens with one attached hydrogen (secondary N) is 1. The van der Waals surface area contributed by atoms with E-state index < -0.39 is 0 Å². The Balaban J connectivity index is 1.30. The van der Waals surface area contributed by atoms with Gasteiger partial charge in [0, 0.05) is 41.3 Å². The Morgan fingerprint density at radius 3 is 2.59 bits per heavy atom. The minimum atomic E-state index is -0.293. The van der Waals surface area contributed by atoms with Gasteiger partial charge in [0.2, 0.25) is 0 Å². The summed E-state index contributed by atoms with van der Waals surface area (Å²) >= 11 is 6.01. The molecule has 2 amide bonds. The Morgan fingerprint density at radius 2 is 1.91 bits per heavy atom. The molecule has 0 spiro atoms. The molecule has 0 bridgehead atoms. The molecule has 7 nitrogen and oxygen atoms in total. The monoisotopic (exact) mass is 453 g/mol. The minimum Gasteiger partial charge on any atom is -0.494 e. The molecule has 0 radical (unpaired) electrons. The van der Waals surface area contributed by atoms with Crippen LogP contribution >= 0.6 is 11.6 Å². The lowest BCUT2D eigenvalue weighted by atomic mass is 10.0. The van der Waals surface area contributed by atoms with E-state index in [0.29, 0.717) is 48.9 Å². The summed E-state index contributed by atoms with van der Waals surface area (Å²) in [5.41, 5.74) is 1.60. The zero-order chi connectivity index (χ0) is 22.5. The number of carbonyl (C=O) groups excluding carboxylic acids is 2. The molecular formula is C24H24ClN3O4. The fourth-order valence-corrected chi connectivity index (χ4v) is 3.88. The van der Waals surface area contributed by atoms with Gasteiger partial charge in [0.05, 0.1) is 6.61 Å². The lowest BCUT2D eigenvalue weighted by Crippen LogP contribution is -2.46. The molecular weight excluding hydrogens is 430 g/mol. The maximum absolute atomic E-state index is 12.7. The summed E-state index contributed by atoms with van der Waals surface area (Å²) in [5, 5.41) is 7.46. The number of hydrogen-bond donors (Lipinski definition) is 1. The summed E-state index contributed by atoms with van der Waals surface area (Å²) in [4.78, 5) is 27.2. The van der Waals surface area contributed by atoms with Crippen molar-refractivity contribution < 1.29 is 18.8 Å². The molecule has 0 aliphatic carbocycles. The summed E-state index contributed by atoms with van der Waals surface area (Å²) in [6.07, 6.45) is 1.35. The van der Waals surface area contributed by atoms with Gasteiger partial charge >= 0.3 is 0 Å². The van der Waals surface area contributed by atoms with Crippen LogP contribution in [-0.2, 0) is 0 Å². The topological polar surface area (TPSA) is 84.7 Å². The zero-order valence-electron chi connectivity index (χ0n) is 17.7. The molecule has 8 heteroatoms. The number of ether oxygens (including phenoxy) is 1. The van der Waals surface area contributed by atoms with E-state index in [4.69, 9.17) is 20.9 Å². The van der Waals surface area contributed by atoms with Gasteiger partial charge in [-0.15, -0.1) is 0 Å². The maximum atomic E-state index is 12.7. The first-order valence-corrected chi connectivity index (χ1v) is 11.0. The van der Waals surface area contributed by atoms with Crippen molar-refractivity contribution in [2.24, 2.45) is 0 Å². The summed E-state index contributed by atoms with van der Waals surface area (Å²) in [6, 6.07) is 15.9. The van der Waals surface area contributed by atoms with E-state index in [9.17, 15) is 9.59 Å². The van der Waals surface area contributed by atoms with Crippen molar-refractivity contribution in [3.63, 3.8) is 0 Å². The average Bonchev–Trinajstić information content (AvgIpc) is 3.31. The zero-order valence-corrected chi connectivity index (χ0v) is 18.5. The molecule has 1 saturated heterocycles. The highest BCUT2D eigenvalue weighted by Crippen LogP contribution is 2.24. The number of nitrogens with zero attached hydrogens (tertiary/aromatic N) is 2. The first-order chi connectivity index (χ1) is 15.5. The highest BCUT2D eigenvalue weighted by Gasteiger charge is 2.26. The van der Waals surface area contributed by atoms with Gasteiger partial charge in [0.15, 0.2) is 11.5 Å². The van der Waals surface area contributed by atoms with Crippen molar-refractivity contribution in [3.8, 4) is 17.1 Å². The van der Waals surface area contributed by atoms with Gasteiger partial charge in [-0.25, -0.2) is 0 Å². The largest absolute Gasteiger partial charge is 0.494 e. The Hall–Kier alpha value is -3.32. The van der Waals surface area contributed by atoms with Crippen LogP contribution in [0.25, 0.3) is 11.3 Å². The van der Waals surface area contributed by atoms with E-state index in [1.165, 1.54) is 0 Å². The average molecular weight is 454 g/mol. The fourth-order valence-electron chi connectivity index (χ4n) is 3.69. The highest BCUT2D eigenvalue weighted by molar-refractivity contribution is 6.30. The fraction of sp³-hybridized carbons (Fsp3) is 0.292. The molecule has 2 heterocycles. The molecule has 0 saturated carbocycles. The van der Waals surface area contributed by atoms with E-state index >= 15 is 0 Å². The first kappa shape index (κ1) is 21.9. The third-order valence-corrected chi connectivity index (χ3v) is 5.62. The lowest BCUT2D eigenvalue weighted by molar-refractivity contribution is 0.0697. The van der Waals surface area contributed by atoms with Gasteiger partial charge < -0.3 is 19.5 Å². The van der Waals surface area contributed by atoms with Gasteiger partial charge in [-0.05, 0) is 56.2 Å². The van der Waals surface area contributed by atoms with Crippen LogP contribution in [0.1, 0.15) is 40.6 Å². The molecule has 4 rings (SSSR count). The smallest absolute Gasteiger partial charge is 0.273 e. The first-order valence-electron chi connectivity index (χ1n) is 10.6. The van der Waals surface area contributed by atoms with Crippen LogP contribution in [-0.4, -0.2) is 47.6 Å². The molecule has 1 fully saturated rings. The standard InChI is InChI=1S/C24H24ClN3O4/c1-2-31-20-8-6-16(7-9-20)24(30)28-12-10-19(11-13-28)26-23(29)21-15-22(32-27-21)17-4-3-5-18(25)14-17/h3-9,14-15,19H,2,10-13H2,1H3,(H,26,29). The van der Waals surface area contributed by atoms with Crippen LogP contribution in [0.4, 0.5) is 0 Å². The van der Waals surface area contributed by atoms with E-state index in [1.54, 1.807) is 42.5 Å².